The molecule has 2 aromatic carbocycles. The van der Waals surface area contributed by atoms with Crippen molar-refractivity contribution in [1.29, 1.82) is 0 Å². The first-order chi connectivity index (χ1) is 12.0. The summed E-state index contributed by atoms with van der Waals surface area (Å²) in [6.07, 6.45) is 3.70. The summed E-state index contributed by atoms with van der Waals surface area (Å²) in [5.74, 6) is 0. The van der Waals surface area contributed by atoms with Crippen LogP contribution in [0.1, 0.15) is 25.7 Å². The molecule has 2 aromatic rings. The van der Waals surface area contributed by atoms with E-state index in [1.165, 1.54) is 0 Å². The maximum atomic E-state index is 12.7. The highest BCUT2D eigenvalue weighted by molar-refractivity contribution is 7.89. The molecule has 0 amide bonds. The average Bonchev–Trinajstić information content (AvgIpc) is 2.59. The fraction of sp³-hybridized carbons (Fsp3) is 0.444. The predicted octanol–water partition coefficient (Wildman–Crippen LogP) is 3.61. The molecule has 5 nitrogen and oxygen atoms in total. The predicted molar refractivity (Wildman–Crippen MR) is 107 cm³/mol. The van der Waals surface area contributed by atoms with Gasteiger partial charge in [0.05, 0.1) is 11.5 Å². The number of benzene rings is 2. The van der Waals surface area contributed by atoms with Crippen LogP contribution in [0.5, 0.6) is 0 Å². The van der Waals surface area contributed by atoms with Crippen molar-refractivity contribution in [1.82, 2.24) is 4.72 Å². The fourth-order valence-electron chi connectivity index (χ4n) is 2.82. The molecule has 0 heterocycles. The molecule has 0 spiro atoms. The van der Waals surface area contributed by atoms with Crippen LogP contribution in [0.15, 0.2) is 41.3 Å². The summed E-state index contributed by atoms with van der Waals surface area (Å²) in [7, 11) is 0.371. The lowest BCUT2D eigenvalue weighted by molar-refractivity contribution is 0.362. The minimum Gasteiger partial charge on any atom is -0.377 e. The Bertz CT molecular complexity index is 792. The van der Waals surface area contributed by atoms with Gasteiger partial charge in [-0.15, -0.1) is 0 Å². The Labute approximate surface area is 156 Å². The van der Waals surface area contributed by atoms with Crippen molar-refractivity contribution >= 4 is 39.4 Å². The lowest BCUT2D eigenvalue weighted by atomic mass is 10.1. The van der Waals surface area contributed by atoms with E-state index in [9.17, 15) is 8.42 Å². The van der Waals surface area contributed by atoms with Crippen molar-refractivity contribution in [2.24, 2.45) is 0 Å². The van der Waals surface area contributed by atoms with Gasteiger partial charge in [0, 0.05) is 37.1 Å². The van der Waals surface area contributed by atoms with E-state index >= 15 is 0 Å². The maximum absolute atomic E-state index is 12.7. The van der Waals surface area contributed by atoms with Gasteiger partial charge in [0.25, 0.3) is 0 Å². The van der Waals surface area contributed by atoms with Crippen molar-refractivity contribution < 1.29 is 12.6 Å². The Morgan fingerprint density at radius 1 is 1.00 bits per heavy atom. The van der Waals surface area contributed by atoms with Gasteiger partial charge >= 0.3 is 0 Å². The zero-order valence-electron chi connectivity index (χ0n) is 14.7. The highest BCUT2D eigenvalue weighted by atomic mass is 32.2. The van der Waals surface area contributed by atoms with E-state index in [4.69, 9.17) is 4.18 Å². The molecule has 0 unspecified atom stereocenters. The first kappa shape index (κ1) is 20.0. The number of nitrogens with one attached hydrogen (secondary N) is 1. The zero-order valence-corrected chi connectivity index (χ0v) is 16.4. The first-order valence-electron chi connectivity index (χ1n) is 8.42. The molecule has 2 rings (SSSR count). The molecule has 0 aliphatic heterocycles. The van der Waals surface area contributed by atoms with E-state index in [0.717, 1.165) is 42.1 Å². The maximum Gasteiger partial charge on any atom is 0.241 e. The molecule has 25 heavy (non-hydrogen) atoms. The van der Waals surface area contributed by atoms with E-state index in [2.05, 4.69) is 17.6 Å². The van der Waals surface area contributed by atoms with Crippen molar-refractivity contribution in [2.75, 3.05) is 32.1 Å². The van der Waals surface area contributed by atoms with E-state index in [-0.39, 0.29) is 0 Å². The second-order valence-electron chi connectivity index (χ2n) is 6.17. The molecule has 0 fully saturated rings. The van der Waals surface area contributed by atoms with Crippen LogP contribution in [0.25, 0.3) is 10.8 Å². The minimum atomic E-state index is -3.53. The molecule has 7 heteroatoms. The quantitative estimate of drug-likeness (QED) is 0.374. The van der Waals surface area contributed by atoms with Gasteiger partial charge in [-0.25, -0.2) is 13.1 Å². The Morgan fingerprint density at radius 3 is 2.40 bits per heavy atom. The molecule has 0 saturated carbocycles. The van der Waals surface area contributed by atoms with Gasteiger partial charge in [-0.3, -0.25) is 0 Å². The Kier molecular flexibility index (Phi) is 7.56. The Balaban J connectivity index is 2.10. The van der Waals surface area contributed by atoms with Gasteiger partial charge in [-0.05, 0) is 37.9 Å². The van der Waals surface area contributed by atoms with Crippen LogP contribution < -0.4 is 9.62 Å². The second kappa shape index (κ2) is 9.43. The monoisotopic (exact) mass is 382 g/mol. The van der Waals surface area contributed by atoms with E-state index in [0.29, 0.717) is 18.0 Å². The SMILES string of the molecule is CN(C)c1cccc2c(S(=O)(=O)NCCCCCCOS)cccc12. The number of rotatable bonds is 10. The highest BCUT2D eigenvalue weighted by Gasteiger charge is 2.17. The Morgan fingerprint density at radius 2 is 1.68 bits per heavy atom. The number of sulfonamides is 1. The van der Waals surface area contributed by atoms with Gasteiger partial charge < -0.3 is 9.08 Å². The van der Waals surface area contributed by atoms with Crippen molar-refractivity contribution in [3.05, 3.63) is 36.4 Å². The molecule has 0 aliphatic rings. The van der Waals surface area contributed by atoms with Gasteiger partial charge in [-0.2, -0.15) is 0 Å². The first-order valence-corrected chi connectivity index (χ1v) is 10.3. The summed E-state index contributed by atoms with van der Waals surface area (Å²) >= 11 is 3.70. The summed E-state index contributed by atoms with van der Waals surface area (Å²) in [5, 5.41) is 1.68. The van der Waals surface area contributed by atoms with Gasteiger partial charge in [0.15, 0.2) is 0 Å². The van der Waals surface area contributed by atoms with Crippen LogP contribution in [-0.4, -0.2) is 35.7 Å². The third-order valence-corrected chi connectivity index (χ3v) is 5.79. The number of hydrogen-bond donors (Lipinski definition) is 2. The number of hydrogen-bond acceptors (Lipinski definition) is 5. The standard InChI is InChI=1S/C18H26N2O3S2/c1-20(2)17-11-7-10-16-15(17)9-8-12-18(16)25(21,22)19-13-5-3-4-6-14-23-24/h7-12,19,24H,3-6,13-14H2,1-2H3. The van der Waals surface area contributed by atoms with Crippen LogP contribution in [-0.2, 0) is 14.2 Å². The second-order valence-corrected chi connectivity index (χ2v) is 8.16. The van der Waals surface area contributed by atoms with Gasteiger partial charge in [0.1, 0.15) is 0 Å². The largest absolute Gasteiger partial charge is 0.377 e. The van der Waals surface area contributed by atoms with Crippen molar-refractivity contribution in [3.63, 3.8) is 0 Å². The normalized spacial score (nSPS) is 11.8. The van der Waals surface area contributed by atoms with Crippen LogP contribution >= 0.6 is 12.9 Å². The van der Waals surface area contributed by atoms with E-state index < -0.39 is 10.0 Å². The van der Waals surface area contributed by atoms with Crippen LogP contribution in [0.4, 0.5) is 5.69 Å². The molecule has 0 aromatic heterocycles. The topological polar surface area (TPSA) is 58.6 Å². The smallest absolute Gasteiger partial charge is 0.241 e. The number of thiol groups is 1. The summed E-state index contributed by atoms with van der Waals surface area (Å²) < 4.78 is 32.8. The van der Waals surface area contributed by atoms with Crippen molar-refractivity contribution in [2.45, 2.75) is 30.6 Å². The summed E-state index contributed by atoms with van der Waals surface area (Å²) in [4.78, 5) is 2.32. The third kappa shape index (κ3) is 5.34. The molecular formula is C18H26N2O3S2. The molecule has 1 N–H and O–H groups in total. The number of unbranched alkanes of at least 4 members (excludes halogenated alkanes) is 3. The Hall–Kier alpha value is -1.28. The van der Waals surface area contributed by atoms with Crippen LogP contribution in [0, 0.1) is 0 Å². The van der Waals surface area contributed by atoms with E-state index in [1.54, 1.807) is 12.1 Å². The lowest BCUT2D eigenvalue weighted by Gasteiger charge is -2.17. The molecule has 0 atom stereocenters. The lowest BCUT2D eigenvalue weighted by Crippen LogP contribution is -2.25. The summed E-state index contributed by atoms with van der Waals surface area (Å²) in [6.45, 7) is 1.06. The number of anilines is 1. The van der Waals surface area contributed by atoms with Gasteiger partial charge in [-0.1, -0.05) is 37.1 Å². The average molecular weight is 383 g/mol. The molecule has 0 radical (unpaired) electrons. The van der Waals surface area contributed by atoms with Crippen molar-refractivity contribution in [3.8, 4) is 0 Å². The molecule has 138 valence electrons. The van der Waals surface area contributed by atoms with Crippen LogP contribution in [0.2, 0.25) is 0 Å². The number of nitrogens with zero attached hydrogens (tertiary/aromatic N) is 1. The fourth-order valence-corrected chi connectivity index (χ4v) is 4.24. The zero-order chi connectivity index (χ0) is 18.3. The minimum absolute atomic E-state index is 0.331. The highest BCUT2D eigenvalue weighted by Crippen LogP contribution is 2.30. The molecular weight excluding hydrogens is 356 g/mol. The van der Waals surface area contributed by atoms with Gasteiger partial charge in [0.2, 0.25) is 10.0 Å². The van der Waals surface area contributed by atoms with Crippen LogP contribution in [0.3, 0.4) is 0 Å². The molecule has 0 saturated heterocycles. The molecule has 0 aliphatic carbocycles. The third-order valence-electron chi connectivity index (χ3n) is 4.08. The number of fused-ring (bicyclic) bond motifs is 1. The molecule has 0 bridgehead atoms. The summed E-state index contributed by atoms with van der Waals surface area (Å²) in [6, 6.07) is 11.1. The van der Waals surface area contributed by atoms with E-state index in [1.807, 2.05) is 43.3 Å². The summed E-state index contributed by atoms with van der Waals surface area (Å²) in [5.41, 5.74) is 1.00.